The Morgan fingerprint density at radius 3 is 1.46 bits per heavy atom. The highest BCUT2D eigenvalue weighted by atomic mass is 16.5. The summed E-state index contributed by atoms with van der Waals surface area (Å²) in [7, 11) is 0. The maximum absolute atomic E-state index is 11.0. The normalized spacial score (nSPS) is 11.1. The highest BCUT2D eigenvalue weighted by Crippen LogP contribution is 2.21. The number of carbonyl (C=O) groups is 2. The van der Waals surface area contributed by atoms with E-state index in [0.29, 0.717) is 0 Å². The lowest BCUT2D eigenvalue weighted by Gasteiger charge is -2.32. The first-order valence-corrected chi connectivity index (χ1v) is 7.51. The summed E-state index contributed by atoms with van der Waals surface area (Å²) in [6.07, 6.45) is 1.79. The van der Waals surface area contributed by atoms with Gasteiger partial charge in [-0.3, -0.25) is 0 Å². The average molecular weight is 380 g/mol. The van der Waals surface area contributed by atoms with Crippen LogP contribution in [0.3, 0.4) is 0 Å². The van der Waals surface area contributed by atoms with Crippen molar-refractivity contribution >= 4 is 11.9 Å². The van der Waals surface area contributed by atoms with E-state index in [1.54, 1.807) is 0 Å². The molecular weight excluding hydrogens is 352 g/mol. The predicted octanol–water partition coefficient (Wildman–Crippen LogP) is -2.08. The number of aliphatic hydroxyl groups is 5. The second-order valence-corrected chi connectivity index (χ2v) is 5.64. The molecule has 0 rings (SSSR count). The van der Waals surface area contributed by atoms with Crippen molar-refractivity contribution < 1.29 is 49.7 Å². The Balaban J connectivity index is 0. The summed E-state index contributed by atoms with van der Waals surface area (Å²) in [5.41, 5.74) is -2.43. The van der Waals surface area contributed by atoms with Gasteiger partial charge < -0.3 is 40.1 Å². The van der Waals surface area contributed by atoms with Crippen molar-refractivity contribution in [3.8, 4) is 0 Å². The van der Waals surface area contributed by atoms with Crippen LogP contribution in [0.25, 0.3) is 0 Å². The van der Waals surface area contributed by atoms with E-state index >= 15 is 0 Å². The van der Waals surface area contributed by atoms with Gasteiger partial charge in [-0.1, -0.05) is 13.2 Å². The van der Waals surface area contributed by atoms with E-state index in [2.05, 4.69) is 13.2 Å². The maximum Gasteiger partial charge on any atom is 0.330 e. The summed E-state index contributed by atoms with van der Waals surface area (Å²) in [5.74, 6) is -1.68. The van der Waals surface area contributed by atoms with E-state index in [1.165, 1.54) is 0 Å². The topological polar surface area (TPSA) is 174 Å². The Kier molecular flexibility index (Phi) is 14.6. The van der Waals surface area contributed by atoms with Gasteiger partial charge in [0.1, 0.15) is 6.61 Å². The molecule has 0 saturated carbocycles. The molecule has 0 amide bonds. The van der Waals surface area contributed by atoms with Crippen LogP contribution in [0.15, 0.2) is 25.3 Å². The van der Waals surface area contributed by atoms with E-state index in [-0.39, 0.29) is 19.8 Å². The smallest absolute Gasteiger partial charge is 0.330 e. The molecule has 0 unspecified atom stereocenters. The largest absolute Gasteiger partial charge is 0.478 e. The number of aliphatic carboxylic acids is 1. The van der Waals surface area contributed by atoms with Gasteiger partial charge in [-0.15, -0.1) is 0 Å². The minimum absolute atomic E-state index is 0.187. The summed E-state index contributed by atoms with van der Waals surface area (Å²) < 4.78 is 10.1. The number of hydrogen-bond donors (Lipinski definition) is 6. The number of ether oxygens (including phenoxy) is 2. The molecule has 0 radical (unpaired) electrons. The maximum atomic E-state index is 11.0. The fourth-order valence-electron chi connectivity index (χ4n) is 1.33. The zero-order valence-corrected chi connectivity index (χ0v) is 14.5. The summed E-state index contributed by atoms with van der Waals surface area (Å²) in [6, 6.07) is 0. The first-order chi connectivity index (χ1) is 12.2. The van der Waals surface area contributed by atoms with Gasteiger partial charge in [-0.25, -0.2) is 9.59 Å². The second-order valence-electron chi connectivity index (χ2n) is 5.64. The van der Waals surface area contributed by atoms with E-state index < -0.39 is 55.8 Å². The molecule has 0 aliphatic rings. The molecule has 0 aromatic rings. The standard InChI is InChI=1S/C13H24O8.C3H4O2/c1-2-11(19)21-10-13(6-17,7-18)9-20-8-12(3-14,4-15)5-16;1-2-3(4)5/h2,14-18H,1,3-10H2;2H,1H2,(H,4,5). The third kappa shape index (κ3) is 10.2. The molecule has 0 atom stereocenters. The van der Waals surface area contributed by atoms with E-state index in [0.717, 1.165) is 12.2 Å². The van der Waals surface area contributed by atoms with Crippen molar-refractivity contribution in [2.45, 2.75) is 0 Å². The zero-order valence-electron chi connectivity index (χ0n) is 14.5. The Labute approximate surface area is 151 Å². The average Bonchev–Trinajstić information content (AvgIpc) is 2.68. The lowest BCUT2D eigenvalue weighted by Crippen LogP contribution is -2.44. The van der Waals surface area contributed by atoms with E-state index in [1.807, 2.05) is 0 Å². The van der Waals surface area contributed by atoms with Gasteiger partial charge in [0.15, 0.2) is 0 Å². The Morgan fingerprint density at radius 1 is 0.769 bits per heavy atom. The summed E-state index contributed by atoms with van der Waals surface area (Å²) in [5, 5.41) is 53.8. The van der Waals surface area contributed by atoms with E-state index in [9.17, 15) is 19.8 Å². The van der Waals surface area contributed by atoms with Crippen molar-refractivity contribution in [1.82, 2.24) is 0 Å². The van der Waals surface area contributed by atoms with Gasteiger partial charge in [0.2, 0.25) is 0 Å². The van der Waals surface area contributed by atoms with Gasteiger partial charge in [0, 0.05) is 12.2 Å². The lowest BCUT2D eigenvalue weighted by molar-refractivity contribution is -0.149. The van der Waals surface area contributed by atoms with Crippen molar-refractivity contribution in [3.05, 3.63) is 25.3 Å². The molecule has 152 valence electrons. The molecule has 0 spiro atoms. The molecule has 0 heterocycles. The number of aliphatic hydroxyl groups excluding tert-OH is 5. The predicted molar refractivity (Wildman–Crippen MR) is 90.1 cm³/mol. The molecule has 10 heteroatoms. The van der Waals surface area contributed by atoms with Gasteiger partial charge in [0.25, 0.3) is 0 Å². The van der Waals surface area contributed by atoms with Crippen molar-refractivity contribution in [3.63, 3.8) is 0 Å². The third-order valence-corrected chi connectivity index (χ3v) is 3.36. The highest BCUT2D eigenvalue weighted by molar-refractivity contribution is 5.81. The van der Waals surface area contributed by atoms with Gasteiger partial charge >= 0.3 is 11.9 Å². The molecule has 0 aromatic heterocycles. The van der Waals surface area contributed by atoms with Crippen LogP contribution in [0, 0.1) is 10.8 Å². The fraction of sp³-hybridized carbons (Fsp3) is 0.625. The van der Waals surface area contributed by atoms with Crippen LogP contribution in [-0.2, 0) is 19.1 Å². The minimum atomic E-state index is -1.22. The van der Waals surface area contributed by atoms with Crippen LogP contribution in [0.4, 0.5) is 0 Å². The van der Waals surface area contributed by atoms with Crippen molar-refractivity contribution in [2.24, 2.45) is 10.8 Å². The van der Waals surface area contributed by atoms with Crippen LogP contribution in [0.1, 0.15) is 0 Å². The third-order valence-electron chi connectivity index (χ3n) is 3.36. The van der Waals surface area contributed by atoms with Crippen molar-refractivity contribution in [2.75, 3.05) is 52.9 Å². The Morgan fingerprint density at radius 2 is 1.15 bits per heavy atom. The lowest BCUT2D eigenvalue weighted by atomic mass is 9.90. The Hall–Kier alpha value is -1.82. The number of carboxylic acids is 1. The number of hydrogen-bond acceptors (Lipinski definition) is 9. The van der Waals surface area contributed by atoms with Gasteiger partial charge in [-0.2, -0.15) is 0 Å². The number of carboxylic acid groups (broad SMARTS) is 1. The monoisotopic (exact) mass is 380 g/mol. The van der Waals surface area contributed by atoms with E-state index in [4.69, 9.17) is 29.9 Å². The molecule has 0 aliphatic carbocycles. The molecule has 0 saturated heterocycles. The SMILES string of the molecule is C=CC(=O)O.C=CC(=O)OCC(CO)(CO)COCC(CO)(CO)CO. The molecular formula is C16H28O10. The van der Waals surface area contributed by atoms with Gasteiger partial charge in [0.05, 0.1) is 57.1 Å². The molecule has 0 aromatic carbocycles. The zero-order chi connectivity index (χ0) is 20.6. The molecule has 0 bridgehead atoms. The molecule has 0 fully saturated rings. The minimum Gasteiger partial charge on any atom is -0.478 e. The summed E-state index contributed by atoms with van der Waals surface area (Å²) in [6.45, 7) is 3.06. The van der Waals surface area contributed by atoms with Crippen LogP contribution in [-0.4, -0.2) is 95.4 Å². The summed E-state index contributed by atoms with van der Waals surface area (Å²) >= 11 is 0. The second kappa shape index (κ2) is 14.4. The fourth-order valence-corrected chi connectivity index (χ4v) is 1.33. The van der Waals surface area contributed by atoms with Crippen LogP contribution in [0.2, 0.25) is 0 Å². The first kappa shape index (κ1) is 26.4. The Bertz CT molecular complexity index is 418. The molecule has 10 nitrogen and oxygen atoms in total. The van der Waals surface area contributed by atoms with Crippen molar-refractivity contribution in [1.29, 1.82) is 0 Å². The molecule has 0 aliphatic heterocycles. The number of carbonyl (C=O) groups excluding carboxylic acids is 1. The first-order valence-electron chi connectivity index (χ1n) is 7.51. The van der Waals surface area contributed by atoms with Gasteiger partial charge in [-0.05, 0) is 0 Å². The van der Waals surface area contributed by atoms with Crippen LogP contribution >= 0.6 is 0 Å². The summed E-state index contributed by atoms with van der Waals surface area (Å²) in [4.78, 5) is 20.3. The number of esters is 1. The molecule has 26 heavy (non-hydrogen) atoms. The van der Waals surface area contributed by atoms with Crippen LogP contribution in [0.5, 0.6) is 0 Å². The quantitative estimate of drug-likeness (QED) is 0.154. The molecule has 6 N–H and O–H groups in total. The highest BCUT2D eigenvalue weighted by Gasteiger charge is 2.34. The van der Waals surface area contributed by atoms with Crippen LogP contribution < -0.4 is 0 Å². The number of rotatable bonds is 13.